The fraction of sp³-hybridized carbons (Fsp3) is 0.278. The minimum absolute atomic E-state index is 0.0750. The number of benzene rings is 1. The number of thiazole rings is 1. The van der Waals surface area contributed by atoms with E-state index in [9.17, 15) is 9.59 Å². The second-order valence-electron chi connectivity index (χ2n) is 6.02. The molecular formula is C18H18N4O3S2. The smallest absolute Gasteiger partial charge is 0.252 e. The van der Waals surface area contributed by atoms with E-state index in [1.54, 1.807) is 22.8 Å². The van der Waals surface area contributed by atoms with E-state index in [2.05, 4.69) is 20.5 Å². The van der Waals surface area contributed by atoms with Crippen molar-refractivity contribution in [2.75, 3.05) is 43.1 Å². The predicted molar refractivity (Wildman–Crippen MR) is 108 cm³/mol. The molecule has 2 amide bonds. The van der Waals surface area contributed by atoms with Crippen LogP contribution in [0.2, 0.25) is 0 Å². The van der Waals surface area contributed by atoms with Crippen LogP contribution < -0.4 is 15.5 Å². The molecule has 0 atom stereocenters. The number of morpholine rings is 1. The first-order valence-electron chi connectivity index (χ1n) is 8.52. The van der Waals surface area contributed by atoms with E-state index in [0.717, 1.165) is 28.4 Å². The second kappa shape index (κ2) is 8.03. The highest BCUT2D eigenvalue weighted by molar-refractivity contribution is 7.22. The lowest BCUT2D eigenvalue weighted by atomic mass is 10.3. The van der Waals surface area contributed by atoms with Crippen molar-refractivity contribution in [3.8, 4) is 0 Å². The molecule has 0 radical (unpaired) electrons. The van der Waals surface area contributed by atoms with Crippen molar-refractivity contribution in [1.82, 2.24) is 10.3 Å². The summed E-state index contributed by atoms with van der Waals surface area (Å²) in [6, 6.07) is 7.36. The molecule has 0 unspecified atom stereocenters. The number of carbonyl (C=O) groups excluding carboxylic acids is 2. The van der Waals surface area contributed by atoms with E-state index in [0.29, 0.717) is 24.5 Å². The zero-order valence-electron chi connectivity index (χ0n) is 14.4. The van der Waals surface area contributed by atoms with Crippen molar-refractivity contribution in [3.63, 3.8) is 0 Å². The molecule has 3 heterocycles. The number of thiophene rings is 1. The van der Waals surface area contributed by atoms with Crippen molar-refractivity contribution >= 4 is 55.5 Å². The summed E-state index contributed by atoms with van der Waals surface area (Å²) in [4.78, 5) is 30.9. The van der Waals surface area contributed by atoms with Gasteiger partial charge in [0.1, 0.15) is 0 Å². The molecule has 1 aromatic carbocycles. The number of hydrogen-bond acceptors (Lipinski definition) is 7. The SMILES string of the molecule is O=C(CNC(=O)c1ccsc1)Nc1ccc2nc(N3CCOCC3)sc2c1. The molecule has 3 aromatic rings. The van der Waals surface area contributed by atoms with Crippen LogP contribution in [0, 0.1) is 0 Å². The number of rotatable bonds is 5. The number of aromatic nitrogens is 1. The largest absolute Gasteiger partial charge is 0.378 e. The van der Waals surface area contributed by atoms with Crippen LogP contribution in [-0.2, 0) is 9.53 Å². The van der Waals surface area contributed by atoms with Gasteiger partial charge in [-0.25, -0.2) is 4.98 Å². The molecule has 4 rings (SSSR count). The van der Waals surface area contributed by atoms with Gasteiger partial charge in [-0.3, -0.25) is 9.59 Å². The third kappa shape index (κ3) is 4.26. The summed E-state index contributed by atoms with van der Waals surface area (Å²) in [5.74, 6) is -0.518. The highest BCUT2D eigenvalue weighted by Crippen LogP contribution is 2.31. The Hall–Kier alpha value is -2.49. The first-order valence-corrected chi connectivity index (χ1v) is 10.3. The maximum atomic E-state index is 12.1. The average molecular weight is 403 g/mol. The standard InChI is InChI=1S/C18H18N4O3S2/c23-16(10-19-17(24)12-3-8-26-11-12)20-13-1-2-14-15(9-13)27-18(21-14)22-4-6-25-7-5-22/h1-3,8-9,11H,4-7,10H2,(H,19,24)(H,20,23). The van der Waals surface area contributed by atoms with Crippen LogP contribution in [0.5, 0.6) is 0 Å². The van der Waals surface area contributed by atoms with E-state index in [4.69, 9.17) is 4.74 Å². The van der Waals surface area contributed by atoms with Gasteiger partial charge in [-0.2, -0.15) is 11.3 Å². The van der Waals surface area contributed by atoms with Crippen LogP contribution in [0.4, 0.5) is 10.8 Å². The van der Waals surface area contributed by atoms with Crippen LogP contribution in [0.25, 0.3) is 10.2 Å². The number of carbonyl (C=O) groups is 2. The predicted octanol–water partition coefficient (Wildman–Crippen LogP) is 2.56. The average Bonchev–Trinajstić information content (AvgIpc) is 3.36. The molecule has 1 aliphatic rings. The van der Waals surface area contributed by atoms with Gasteiger partial charge in [-0.1, -0.05) is 11.3 Å². The Bertz CT molecular complexity index is 949. The summed E-state index contributed by atoms with van der Waals surface area (Å²) in [6.07, 6.45) is 0. The summed E-state index contributed by atoms with van der Waals surface area (Å²) in [7, 11) is 0. The highest BCUT2D eigenvalue weighted by atomic mass is 32.1. The van der Waals surface area contributed by atoms with Crippen molar-refractivity contribution in [3.05, 3.63) is 40.6 Å². The third-order valence-corrected chi connectivity index (χ3v) is 5.90. The number of hydrogen-bond donors (Lipinski definition) is 2. The number of ether oxygens (including phenoxy) is 1. The van der Waals surface area contributed by atoms with E-state index in [1.807, 2.05) is 23.6 Å². The minimum atomic E-state index is -0.268. The van der Waals surface area contributed by atoms with Gasteiger partial charge in [0.05, 0.1) is 30.0 Å². The van der Waals surface area contributed by atoms with Gasteiger partial charge >= 0.3 is 0 Å². The van der Waals surface area contributed by atoms with Crippen molar-refractivity contribution in [2.45, 2.75) is 0 Å². The molecule has 7 nitrogen and oxygen atoms in total. The van der Waals surface area contributed by atoms with E-state index >= 15 is 0 Å². The fourth-order valence-electron chi connectivity index (χ4n) is 2.74. The zero-order chi connectivity index (χ0) is 18.6. The van der Waals surface area contributed by atoms with Crippen molar-refractivity contribution in [2.24, 2.45) is 0 Å². The van der Waals surface area contributed by atoms with E-state index < -0.39 is 0 Å². The van der Waals surface area contributed by atoms with Gasteiger partial charge in [0.25, 0.3) is 5.91 Å². The first kappa shape index (κ1) is 17.9. The van der Waals surface area contributed by atoms with Crippen LogP contribution >= 0.6 is 22.7 Å². The maximum Gasteiger partial charge on any atom is 0.252 e. The molecule has 1 saturated heterocycles. The Morgan fingerprint density at radius 2 is 2.07 bits per heavy atom. The van der Waals surface area contributed by atoms with Gasteiger partial charge in [-0.05, 0) is 29.6 Å². The first-order chi connectivity index (χ1) is 13.2. The Morgan fingerprint density at radius 3 is 2.85 bits per heavy atom. The van der Waals surface area contributed by atoms with Crippen molar-refractivity contribution < 1.29 is 14.3 Å². The van der Waals surface area contributed by atoms with E-state index in [1.165, 1.54) is 11.3 Å². The lowest BCUT2D eigenvalue weighted by Gasteiger charge is -2.25. The van der Waals surface area contributed by atoms with Crippen LogP contribution in [0.1, 0.15) is 10.4 Å². The summed E-state index contributed by atoms with van der Waals surface area (Å²) < 4.78 is 6.39. The molecule has 2 N–H and O–H groups in total. The zero-order valence-corrected chi connectivity index (χ0v) is 16.1. The quantitative estimate of drug-likeness (QED) is 0.685. The Kier molecular flexibility index (Phi) is 5.33. The molecule has 0 bridgehead atoms. The molecule has 27 heavy (non-hydrogen) atoms. The Morgan fingerprint density at radius 1 is 1.22 bits per heavy atom. The lowest BCUT2D eigenvalue weighted by Crippen LogP contribution is -2.36. The van der Waals surface area contributed by atoms with Crippen LogP contribution in [-0.4, -0.2) is 49.6 Å². The van der Waals surface area contributed by atoms with Gasteiger partial charge in [-0.15, -0.1) is 0 Å². The van der Waals surface area contributed by atoms with Crippen molar-refractivity contribution in [1.29, 1.82) is 0 Å². The molecule has 0 aliphatic carbocycles. The highest BCUT2D eigenvalue weighted by Gasteiger charge is 2.16. The van der Waals surface area contributed by atoms with Gasteiger partial charge in [0, 0.05) is 29.7 Å². The molecule has 2 aromatic heterocycles. The summed E-state index contributed by atoms with van der Waals surface area (Å²) in [5.41, 5.74) is 2.16. The third-order valence-electron chi connectivity index (χ3n) is 4.14. The lowest BCUT2D eigenvalue weighted by molar-refractivity contribution is -0.115. The monoisotopic (exact) mass is 402 g/mol. The second-order valence-corrected chi connectivity index (χ2v) is 7.81. The molecule has 0 saturated carbocycles. The van der Waals surface area contributed by atoms with E-state index in [-0.39, 0.29) is 18.4 Å². The minimum Gasteiger partial charge on any atom is -0.378 e. The number of nitrogens with zero attached hydrogens (tertiary/aromatic N) is 2. The molecule has 140 valence electrons. The van der Waals surface area contributed by atoms with Crippen LogP contribution in [0.15, 0.2) is 35.0 Å². The Labute approximate surface area is 164 Å². The van der Waals surface area contributed by atoms with Crippen LogP contribution in [0.3, 0.4) is 0 Å². The number of nitrogens with one attached hydrogen (secondary N) is 2. The topological polar surface area (TPSA) is 83.6 Å². The molecule has 1 aliphatic heterocycles. The normalized spacial score (nSPS) is 14.3. The van der Waals surface area contributed by atoms with Gasteiger partial charge < -0.3 is 20.3 Å². The molecule has 1 fully saturated rings. The number of fused-ring (bicyclic) bond motifs is 1. The maximum absolute atomic E-state index is 12.1. The molecule has 9 heteroatoms. The summed E-state index contributed by atoms with van der Waals surface area (Å²) in [5, 5.41) is 9.98. The number of amides is 2. The van der Waals surface area contributed by atoms with Gasteiger partial charge in [0.2, 0.25) is 5.91 Å². The summed E-state index contributed by atoms with van der Waals surface area (Å²) in [6.45, 7) is 3.04. The summed E-state index contributed by atoms with van der Waals surface area (Å²) >= 11 is 3.04. The van der Waals surface area contributed by atoms with Gasteiger partial charge in [0.15, 0.2) is 5.13 Å². The molecular weight excluding hydrogens is 384 g/mol. The number of anilines is 2. The Balaban J connectivity index is 1.38. The molecule has 0 spiro atoms. The fourth-order valence-corrected chi connectivity index (χ4v) is 4.43.